The summed E-state index contributed by atoms with van der Waals surface area (Å²) in [6.45, 7) is 2.43. The molecular weight excluding hydrogens is 474 g/mol. The molecular formula is C18H27F3IN3O2. The summed E-state index contributed by atoms with van der Waals surface area (Å²) in [6.07, 6.45) is -1.70. The zero-order valence-corrected chi connectivity index (χ0v) is 17.6. The standard InChI is InChI=1S/C18H26F3N3O2.HI/c1-2-22-17(24-11-14-4-3-5-16(14)25)23-10-13-6-8-15(9-7-13)26-12-18(19,20)21;/h6-9,14,16,25H,2-5,10-12H2,1H3,(H2,22,23,24);1H. The lowest BCUT2D eigenvalue weighted by Crippen LogP contribution is -2.41. The van der Waals surface area contributed by atoms with E-state index in [1.165, 1.54) is 12.1 Å². The molecule has 0 heterocycles. The number of aliphatic hydroxyl groups excluding tert-OH is 1. The predicted octanol–water partition coefficient (Wildman–Crippen LogP) is 3.46. The number of aliphatic imine (C=N–C) groups is 1. The first kappa shape index (κ1) is 23.8. The third-order valence-corrected chi connectivity index (χ3v) is 4.24. The average Bonchev–Trinajstić information content (AvgIpc) is 3.01. The van der Waals surface area contributed by atoms with Gasteiger partial charge in [0.15, 0.2) is 12.6 Å². The first-order valence-corrected chi connectivity index (χ1v) is 8.86. The molecule has 0 amide bonds. The van der Waals surface area contributed by atoms with Crippen molar-refractivity contribution in [2.75, 3.05) is 19.7 Å². The van der Waals surface area contributed by atoms with E-state index in [0.717, 1.165) is 24.8 Å². The van der Waals surface area contributed by atoms with Gasteiger partial charge in [0.1, 0.15) is 5.75 Å². The van der Waals surface area contributed by atoms with Crippen molar-refractivity contribution < 1.29 is 23.0 Å². The van der Waals surface area contributed by atoms with Gasteiger partial charge in [0.2, 0.25) is 0 Å². The van der Waals surface area contributed by atoms with Crippen LogP contribution in [0.2, 0.25) is 0 Å². The zero-order valence-electron chi connectivity index (χ0n) is 15.3. The molecule has 27 heavy (non-hydrogen) atoms. The quantitative estimate of drug-likeness (QED) is 0.304. The number of nitrogens with zero attached hydrogens (tertiary/aromatic N) is 1. The van der Waals surface area contributed by atoms with E-state index < -0.39 is 12.8 Å². The number of aliphatic hydroxyl groups is 1. The fourth-order valence-corrected chi connectivity index (χ4v) is 2.85. The van der Waals surface area contributed by atoms with Crippen molar-refractivity contribution in [2.45, 2.75) is 45.0 Å². The van der Waals surface area contributed by atoms with Gasteiger partial charge in [-0.2, -0.15) is 13.2 Å². The van der Waals surface area contributed by atoms with Gasteiger partial charge >= 0.3 is 6.18 Å². The molecule has 1 aromatic rings. The summed E-state index contributed by atoms with van der Waals surface area (Å²) >= 11 is 0. The minimum absolute atomic E-state index is 0. The fourth-order valence-electron chi connectivity index (χ4n) is 2.85. The number of hydrogen-bond donors (Lipinski definition) is 3. The van der Waals surface area contributed by atoms with Crippen LogP contribution in [0.1, 0.15) is 31.7 Å². The second kappa shape index (κ2) is 11.6. The third-order valence-electron chi connectivity index (χ3n) is 4.24. The lowest BCUT2D eigenvalue weighted by molar-refractivity contribution is -0.153. The van der Waals surface area contributed by atoms with Gasteiger partial charge < -0.3 is 20.5 Å². The molecule has 1 aliphatic rings. The Hall–Kier alpha value is -1.23. The maximum absolute atomic E-state index is 12.1. The van der Waals surface area contributed by atoms with E-state index in [1.54, 1.807) is 12.1 Å². The molecule has 0 saturated heterocycles. The maximum Gasteiger partial charge on any atom is 0.422 e. The Morgan fingerprint density at radius 1 is 1.22 bits per heavy atom. The van der Waals surface area contributed by atoms with Gasteiger partial charge in [-0.1, -0.05) is 18.6 Å². The molecule has 2 rings (SSSR count). The molecule has 1 aromatic carbocycles. The molecule has 0 aliphatic heterocycles. The molecule has 0 spiro atoms. The van der Waals surface area contributed by atoms with Crippen molar-refractivity contribution in [2.24, 2.45) is 10.9 Å². The number of alkyl halides is 3. The lowest BCUT2D eigenvalue weighted by Gasteiger charge is -2.17. The van der Waals surface area contributed by atoms with Gasteiger partial charge in [-0.25, -0.2) is 4.99 Å². The molecule has 1 saturated carbocycles. The van der Waals surface area contributed by atoms with Gasteiger partial charge in [-0.05, 0) is 37.5 Å². The summed E-state index contributed by atoms with van der Waals surface area (Å²) in [4.78, 5) is 4.48. The number of nitrogens with one attached hydrogen (secondary N) is 2. The number of halogens is 4. The van der Waals surface area contributed by atoms with Crippen molar-refractivity contribution in [1.29, 1.82) is 0 Å². The van der Waals surface area contributed by atoms with Crippen LogP contribution >= 0.6 is 24.0 Å². The van der Waals surface area contributed by atoms with Crippen molar-refractivity contribution >= 4 is 29.9 Å². The summed E-state index contributed by atoms with van der Waals surface area (Å²) in [7, 11) is 0. The molecule has 5 nitrogen and oxygen atoms in total. The van der Waals surface area contributed by atoms with Crippen molar-refractivity contribution in [3.05, 3.63) is 29.8 Å². The fraction of sp³-hybridized carbons (Fsp3) is 0.611. The normalized spacial score (nSPS) is 20.1. The highest BCUT2D eigenvalue weighted by atomic mass is 127. The minimum atomic E-state index is -4.34. The number of ether oxygens (including phenoxy) is 1. The average molecular weight is 501 g/mol. The Balaban J connectivity index is 0.00000364. The monoisotopic (exact) mass is 501 g/mol. The van der Waals surface area contributed by atoms with Crippen molar-refractivity contribution in [3.63, 3.8) is 0 Å². The van der Waals surface area contributed by atoms with Crippen LogP contribution in [0.15, 0.2) is 29.3 Å². The predicted molar refractivity (Wildman–Crippen MR) is 110 cm³/mol. The second-order valence-electron chi connectivity index (χ2n) is 6.38. The number of benzene rings is 1. The number of guanidine groups is 1. The number of hydrogen-bond acceptors (Lipinski definition) is 3. The maximum atomic E-state index is 12.1. The molecule has 0 aromatic heterocycles. The Labute approximate surface area is 174 Å². The van der Waals surface area contributed by atoms with Crippen LogP contribution in [0, 0.1) is 5.92 Å². The van der Waals surface area contributed by atoms with E-state index in [4.69, 9.17) is 0 Å². The second-order valence-corrected chi connectivity index (χ2v) is 6.38. The molecule has 1 aliphatic carbocycles. The van der Waals surface area contributed by atoms with Gasteiger partial charge in [0, 0.05) is 19.0 Å². The summed E-state index contributed by atoms with van der Waals surface area (Å²) in [5.41, 5.74) is 0.863. The molecule has 154 valence electrons. The molecule has 0 bridgehead atoms. The Bertz CT molecular complexity index is 582. The van der Waals surface area contributed by atoms with Gasteiger partial charge in [0.25, 0.3) is 0 Å². The molecule has 0 radical (unpaired) electrons. The zero-order chi connectivity index (χ0) is 19.0. The van der Waals surface area contributed by atoms with Gasteiger partial charge in [0.05, 0.1) is 12.6 Å². The van der Waals surface area contributed by atoms with Crippen molar-refractivity contribution in [1.82, 2.24) is 10.6 Å². The van der Waals surface area contributed by atoms with Crippen LogP contribution in [-0.2, 0) is 6.54 Å². The Morgan fingerprint density at radius 3 is 2.48 bits per heavy atom. The number of rotatable bonds is 7. The highest BCUT2D eigenvalue weighted by Crippen LogP contribution is 2.24. The van der Waals surface area contributed by atoms with Crippen molar-refractivity contribution in [3.8, 4) is 5.75 Å². The smallest absolute Gasteiger partial charge is 0.422 e. The van der Waals surface area contributed by atoms with E-state index in [1.807, 2.05) is 6.92 Å². The van der Waals surface area contributed by atoms with Crippen LogP contribution in [-0.4, -0.2) is 43.0 Å². The summed E-state index contributed by atoms with van der Waals surface area (Å²) in [5.74, 6) is 1.07. The van der Waals surface area contributed by atoms with E-state index >= 15 is 0 Å². The molecule has 9 heteroatoms. The molecule has 1 fully saturated rings. The Morgan fingerprint density at radius 2 is 1.93 bits per heavy atom. The summed E-state index contributed by atoms with van der Waals surface area (Å²) in [5, 5.41) is 16.3. The third kappa shape index (κ3) is 9.00. The molecule has 2 atom stereocenters. The van der Waals surface area contributed by atoms with Crippen LogP contribution in [0.4, 0.5) is 13.2 Å². The highest BCUT2D eigenvalue weighted by molar-refractivity contribution is 14.0. The highest BCUT2D eigenvalue weighted by Gasteiger charge is 2.28. The van der Waals surface area contributed by atoms with Gasteiger partial charge in [-0.3, -0.25) is 0 Å². The Kier molecular flexibility index (Phi) is 10.2. The first-order chi connectivity index (χ1) is 12.4. The van der Waals surface area contributed by atoms with Crippen LogP contribution in [0.5, 0.6) is 5.75 Å². The van der Waals surface area contributed by atoms with Crippen LogP contribution < -0.4 is 15.4 Å². The lowest BCUT2D eigenvalue weighted by atomic mass is 10.1. The SMILES string of the molecule is CCNC(=NCc1ccc(OCC(F)(F)F)cc1)NCC1CCCC1O.I. The molecule has 3 N–H and O–H groups in total. The molecule has 2 unspecified atom stereocenters. The topological polar surface area (TPSA) is 65.9 Å². The first-order valence-electron chi connectivity index (χ1n) is 8.86. The van der Waals surface area contributed by atoms with Crippen LogP contribution in [0.25, 0.3) is 0 Å². The van der Waals surface area contributed by atoms with E-state index in [9.17, 15) is 18.3 Å². The van der Waals surface area contributed by atoms with E-state index in [2.05, 4.69) is 20.4 Å². The van der Waals surface area contributed by atoms with E-state index in [-0.39, 0.29) is 41.7 Å². The summed E-state index contributed by atoms with van der Waals surface area (Å²) in [6, 6.07) is 6.40. The summed E-state index contributed by atoms with van der Waals surface area (Å²) < 4.78 is 41.1. The van der Waals surface area contributed by atoms with E-state index in [0.29, 0.717) is 25.6 Å². The van der Waals surface area contributed by atoms with Crippen LogP contribution in [0.3, 0.4) is 0 Å². The largest absolute Gasteiger partial charge is 0.484 e. The van der Waals surface area contributed by atoms with Gasteiger partial charge in [-0.15, -0.1) is 24.0 Å². The minimum Gasteiger partial charge on any atom is -0.484 e.